The van der Waals surface area contributed by atoms with Crippen molar-refractivity contribution in [3.05, 3.63) is 12.2 Å². The van der Waals surface area contributed by atoms with Crippen molar-refractivity contribution < 1.29 is 13.2 Å². The summed E-state index contributed by atoms with van der Waals surface area (Å²) in [5.41, 5.74) is 0. The fourth-order valence-electron chi connectivity index (χ4n) is 2.70. The number of halogens is 1. The van der Waals surface area contributed by atoms with E-state index in [2.05, 4.69) is 0 Å². The molecule has 1 amide bonds. The highest BCUT2D eigenvalue weighted by atomic mass is 35.7. The molecule has 0 radical (unpaired) electrons. The van der Waals surface area contributed by atoms with Crippen molar-refractivity contribution >= 4 is 25.8 Å². The average molecular weight is 220 g/mol. The fraction of sp³-hybridized carbons (Fsp3) is 0.571. The topological polar surface area (TPSA) is 54.5 Å². The lowest BCUT2D eigenvalue weighted by Crippen LogP contribution is -2.42. The zero-order valence-electron chi connectivity index (χ0n) is 6.42. The lowest BCUT2D eigenvalue weighted by molar-refractivity contribution is -0.125. The summed E-state index contributed by atoms with van der Waals surface area (Å²) < 4.78 is 22.9. The van der Waals surface area contributed by atoms with Crippen LogP contribution in [0.4, 0.5) is 0 Å². The van der Waals surface area contributed by atoms with Crippen LogP contribution in [-0.2, 0) is 14.0 Å². The molecule has 70 valence electrons. The Bertz CT molecular complexity index is 415. The molecule has 3 fully saturated rings. The Hall–Kier alpha value is -0.550. The maximum atomic E-state index is 11.5. The fourth-order valence-corrected chi connectivity index (χ4v) is 4.09. The molecule has 0 spiro atoms. The number of hydrogen-bond donors (Lipinski definition) is 0. The maximum absolute atomic E-state index is 11.5. The van der Waals surface area contributed by atoms with Crippen molar-refractivity contribution in [2.24, 2.45) is 17.8 Å². The Morgan fingerprint density at radius 2 is 1.85 bits per heavy atom. The van der Waals surface area contributed by atoms with Crippen LogP contribution in [0.3, 0.4) is 0 Å². The van der Waals surface area contributed by atoms with Gasteiger partial charge in [0, 0.05) is 22.5 Å². The van der Waals surface area contributed by atoms with Crippen molar-refractivity contribution in [2.45, 2.75) is 6.04 Å². The van der Waals surface area contributed by atoms with Gasteiger partial charge in [-0.05, 0) is 0 Å². The lowest BCUT2D eigenvalue weighted by Gasteiger charge is -2.32. The summed E-state index contributed by atoms with van der Waals surface area (Å²) in [4.78, 5) is 11.5. The molecule has 2 saturated heterocycles. The molecule has 0 N–H and O–H groups in total. The largest absolute Gasteiger partial charge is 0.324 e. The van der Waals surface area contributed by atoms with E-state index in [0.29, 0.717) is 0 Å². The Labute approximate surface area is 79.7 Å². The van der Waals surface area contributed by atoms with Crippen LogP contribution in [0.15, 0.2) is 12.2 Å². The van der Waals surface area contributed by atoms with Crippen LogP contribution in [0.1, 0.15) is 0 Å². The lowest BCUT2D eigenvalue weighted by atomic mass is 9.71. The van der Waals surface area contributed by atoms with Crippen LogP contribution < -0.4 is 0 Å². The molecular weight excluding hydrogens is 214 g/mol. The third kappa shape index (κ3) is 0.692. The normalized spacial score (nSPS) is 45.6. The van der Waals surface area contributed by atoms with E-state index in [1.165, 1.54) is 0 Å². The van der Waals surface area contributed by atoms with Gasteiger partial charge in [-0.15, -0.1) is 0 Å². The molecule has 2 aliphatic heterocycles. The first kappa shape index (κ1) is 7.82. The zero-order valence-corrected chi connectivity index (χ0v) is 7.99. The van der Waals surface area contributed by atoms with Crippen LogP contribution >= 0.6 is 10.7 Å². The SMILES string of the molecule is O=C1C2C3C=CC2C3N1S(=O)(=O)Cl. The highest BCUT2D eigenvalue weighted by Gasteiger charge is 2.68. The van der Waals surface area contributed by atoms with Crippen LogP contribution in [0, 0.1) is 17.8 Å². The maximum Gasteiger partial charge on any atom is 0.324 e. The summed E-state index contributed by atoms with van der Waals surface area (Å²) >= 11 is 0. The van der Waals surface area contributed by atoms with Crippen molar-refractivity contribution in [1.82, 2.24) is 4.31 Å². The first-order valence-electron chi connectivity index (χ1n) is 3.98. The van der Waals surface area contributed by atoms with E-state index in [-0.39, 0.29) is 29.7 Å². The molecule has 6 heteroatoms. The molecule has 1 saturated carbocycles. The number of fused-ring (bicyclic) bond motifs is 1. The predicted molar refractivity (Wildman–Crippen MR) is 45.0 cm³/mol. The minimum Gasteiger partial charge on any atom is -0.273 e. The van der Waals surface area contributed by atoms with Crippen molar-refractivity contribution in [1.29, 1.82) is 0 Å². The van der Waals surface area contributed by atoms with Gasteiger partial charge in [0.2, 0.25) is 5.91 Å². The second kappa shape index (κ2) is 1.93. The molecule has 5 rings (SSSR count). The van der Waals surface area contributed by atoms with E-state index in [0.717, 1.165) is 4.31 Å². The number of carbonyl (C=O) groups is 1. The number of carbonyl (C=O) groups excluding carboxylic acids is 1. The molecule has 2 heterocycles. The van der Waals surface area contributed by atoms with Gasteiger partial charge in [-0.25, -0.2) is 4.31 Å². The second-order valence-electron chi connectivity index (χ2n) is 3.63. The monoisotopic (exact) mass is 219 g/mol. The van der Waals surface area contributed by atoms with Gasteiger partial charge in [-0.1, -0.05) is 12.2 Å². The summed E-state index contributed by atoms with van der Waals surface area (Å²) in [6.07, 6.45) is 3.83. The van der Waals surface area contributed by atoms with Gasteiger partial charge in [0.05, 0.1) is 12.0 Å². The van der Waals surface area contributed by atoms with E-state index in [4.69, 9.17) is 10.7 Å². The Balaban J connectivity index is 2.08. The Kier molecular flexibility index (Phi) is 1.16. The first-order chi connectivity index (χ1) is 6.02. The number of hydrogen-bond acceptors (Lipinski definition) is 3. The van der Waals surface area contributed by atoms with Gasteiger partial charge >= 0.3 is 9.24 Å². The predicted octanol–water partition coefficient (Wildman–Crippen LogP) is 0.113. The first-order valence-corrected chi connectivity index (χ1v) is 6.24. The van der Waals surface area contributed by atoms with Crippen LogP contribution in [0.25, 0.3) is 0 Å². The zero-order chi connectivity index (χ0) is 9.38. The molecule has 2 unspecified atom stereocenters. The molecule has 3 aliphatic carbocycles. The molecule has 0 aromatic carbocycles. The van der Waals surface area contributed by atoms with Gasteiger partial charge in [-0.3, -0.25) is 4.79 Å². The van der Waals surface area contributed by atoms with E-state index in [1.54, 1.807) is 0 Å². The summed E-state index contributed by atoms with van der Waals surface area (Å²) in [5.74, 6) is -0.296. The smallest absolute Gasteiger partial charge is 0.273 e. The number of nitrogens with zero attached hydrogens (tertiary/aromatic N) is 1. The molecule has 13 heavy (non-hydrogen) atoms. The van der Waals surface area contributed by atoms with Crippen molar-refractivity contribution in [2.75, 3.05) is 0 Å². The molecule has 4 nitrogen and oxygen atoms in total. The van der Waals surface area contributed by atoms with Crippen LogP contribution in [0.5, 0.6) is 0 Å². The molecular formula is C7H6ClNO3S. The standard InChI is InChI=1S/C7H6ClNO3S/c8-13(11,12)9-6-3-1-2-4(6)5(3)7(9)10/h1-6H. The molecule has 2 atom stereocenters. The van der Waals surface area contributed by atoms with Gasteiger partial charge in [-0.2, -0.15) is 8.42 Å². The van der Waals surface area contributed by atoms with Gasteiger partial charge in [0.25, 0.3) is 0 Å². The molecule has 5 aliphatic rings. The third-order valence-electron chi connectivity index (χ3n) is 3.18. The second-order valence-corrected chi connectivity index (χ2v) is 6.02. The highest BCUT2D eigenvalue weighted by Crippen LogP contribution is 2.58. The van der Waals surface area contributed by atoms with Gasteiger partial charge in [0.15, 0.2) is 0 Å². The Morgan fingerprint density at radius 1 is 1.31 bits per heavy atom. The van der Waals surface area contributed by atoms with Crippen molar-refractivity contribution in [3.63, 3.8) is 0 Å². The molecule has 0 aromatic rings. The summed E-state index contributed by atoms with van der Waals surface area (Å²) in [6, 6.07) is -0.208. The third-order valence-corrected chi connectivity index (χ3v) is 4.52. The molecule has 0 aromatic heterocycles. The van der Waals surface area contributed by atoms with E-state index >= 15 is 0 Å². The molecule has 4 bridgehead atoms. The minimum absolute atomic E-state index is 0.0889. The Morgan fingerprint density at radius 3 is 2.15 bits per heavy atom. The van der Waals surface area contributed by atoms with E-state index in [9.17, 15) is 13.2 Å². The quantitative estimate of drug-likeness (QED) is 0.465. The number of rotatable bonds is 1. The average Bonchev–Trinajstić information content (AvgIpc) is 2.54. The van der Waals surface area contributed by atoms with Crippen molar-refractivity contribution in [3.8, 4) is 0 Å². The van der Waals surface area contributed by atoms with Crippen LogP contribution in [-0.4, -0.2) is 24.7 Å². The highest BCUT2D eigenvalue weighted by molar-refractivity contribution is 8.12. The minimum atomic E-state index is -3.87. The van der Waals surface area contributed by atoms with Crippen LogP contribution in [0.2, 0.25) is 0 Å². The van der Waals surface area contributed by atoms with Gasteiger partial charge < -0.3 is 0 Å². The summed E-state index contributed by atoms with van der Waals surface area (Å²) in [5, 5.41) is 0. The van der Waals surface area contributed by atoms with E-state index < -0.39 is 9.24 Å². The summed E-state index contributed by atoms with van der Waals surface area (Å²) in [7, 11) is 1.29. The van der Waals surface area contributed by atoms with Gasteiger partial charge in [0.1, 0.15) is 0 Å². The summed E-state index contributed by atoms with van der Waals surface area (Å²) in [6.45, 7) is 0. The number of amides is 1. The van der Waals surface area contributed by atoms with E-state index in [1.807, 2.05) is 12.2 Å².